The molecule has 0 atom stereocenters. The van der Waals surface area contributed by atoms with E-state index in [1.807, 2.05) is 24.4 Å². The van der Waals surface area contributed by atoms with Crippen molar-refractivity contribution < 1.29 is 30.6 Å². The number of phenols is 1. The van der Waals surface area contributed by atoms with Crippen LogP contribution in [-0.4, -0.2) is 15.1 Å². The number of phenolic OH excluding ortho intramolecular Hbond substituents is 1. The summed E-state index contributed by atoms with van der Waals surface area (Å²) in [6.45, 7) is 20.1. The first-order chi connectivity index (χ1) is 21.6. The Morgan fingerprint density at radius 1 is 0.638 bits per heavy atom. The van der Waals surface area contributed by atoms with Gasteiger partial charge < -0.3 is 9.52 Å². The summed E-state index contributed by atoms with van der Waals surface area (Å²) in [6, 6.07) is 32.5. The van der Waals surface area contributed by atoms with Gasteiger partial charge in [0.05, 0.1) is 11.1 Å². The van der Waals surface area contributed by atoms with Gasteiger partial charge in [0.15, 0.2) is 0 Å². The molecular formula is C42H43N2O2Pt-. The molecule has 0 saturated carbocycles. The van der Waals surface area contributed by atoms with E-state index in [-0.39, 0.29) is 43.1 Å². The Morgan fingerprint density at radius 2 is 1.28 bits per heavy atom. The predicted molar refractivity (Wildman–Crippen MR) is 190 cm³/mol. The van der Waals surface area contributed by atoms with E-state index >= 15 is 0 Å². The van der Waals surface area contributed by atoms with Crippen LogP contribution in [0.5, 0.6) is 5.75 Å². The van der Waals surface area contributed by atoms with Crippen molar-refractivity contribution in [2.45, 2.75) is 78.6 Å². The van der Waals surface area contributed by atoms with Crippen LogP contribution in [0.2, 0.25) is 0 Å². The van der Waals surface area contributed by atoms with Crippen LogP contribution in [0.15, 0.2) is 95.5 Å². The number of oxazole rings is 1. The quantitative estimate of drug-likeness (QED) is 0.180. The fraction of sp³-hybridized carbons (Fsp3) is 0.286. The Morgan fingerprint density at radius 3 is 1.91 bits per heavy atom. The zero-order valence-electron chi connectivity index (χ0n) is 28.7. The normalized spacial score (nSPS) is 12.3. The number of hydrogen-bond donors (Lipinski definition) is 1. The molecule has 1 N–H and O–H groups in total. The molecule has 2 aromatic heterocycles. The molecule has 4 aromatic carbocycles. The van der Waals surface area contributed by atoms with E-state index < -0.39 is 0 Å². The minimum atomic E-state index is -0.196. The molecule has 6 aromatic rings. The zero-order chi connectivity index (χ0) is 33.0. The van der Waals surface area contributed by atoms with E-state index in [2.05, 4.69) is 123 Å². The number of hydrogen-bond acceptors (Lipinski definition) is 4. The monoisotopic (exact) mass is 802 g/mol. The maximum Gasteiger partial charge on any atom is 0.230 e. The summed E-state index contributed by atoms with van der Waals surface area (Å²) in [5, 5.41) is 10.7. The van der Waals surface area contributed by atoms with Crippen molar-refractivity contribution in [1.29, 1.82) is 0 Å². The summed E-state index contributed by atoms with van der Waals surface area (Å²) in [5.41, 5.74) is 11.0. The van der Waals surface area contributed by atoms with Crippen molar-refractivity contribution in [3.05, 3.63) is 114 Å². The van der Waals surface area contributed by atoms with E-state index in [1.54, 1.807) is 12.1 Å². The SMILES string of the molecule is CC(C)(C)c1cc(-c2[c-]c(-c3cc(-c4ccccc4)ccn3)c(C(C)(C)C)cc2C(C)(C)C)c2nc(-c3ccccc3O)oc2c1.[Pt]. The van der Waals surface area contributed by atoms with Gasteiger partial charge in [-0.3, -0.25) is 4.98 Å². The first kappa shape index (κ1) is 34.3. The van der Waals surface area contributed by atoms with E-state index in [9.17, 15) is 5.11 Å². The third kappa shape index (κ3) is 6.85. The molecular weight excluding hydrogens is 760 g/mol. The molecule has 6 rings (SSSR count). The van der Waals surface area contributed by atoms with Gasteiger partial charge in [-0.25, -0.2) is 4.98 Å². The maximum atomic E-state index is 10.7. The van der Waals surface area contributed by atoms with Gasteiger partial charge in [0.2, 0.25) is 5.89 Å². The van der Waals surface area contributed by atoms with Crippen LogP contribution in [-0.2, 0) is 37.3 Å². The van der Waals surface area contributed by atoms with Crippen LogP contribution in [0.25, 0.3) is 56.1 Å². The van der Waals surface area contributed by atoms with Crippen LogP contribution < -0.4 is 0 Å². The fourth-order valence-corrected chi connectivity index (χ4v) is 5.95. The molecule has 0 aliphatic carbocycles. The Balaban J connectivity index is 0.00000433. The van der Waals surface area contributed by atoms with E-state index in [0.717, 1.165) is 44.6 Å². The molecule has 0 radical (unpaired) electrons. The summed E-state index contributed by atoms with van der Waals surface area (Å²) in [4.78, 5) is 9.95. The second-order valence-electron chi connectivity index (χ2n) is 15.3. The molecule has 0 bridgehead atoms. The zero-order valence-corrected chi connectivity index (χ0v) is 31.0. The number of nitrogens with zero attached hydrogens (tertiary/aromatic N) is 2. The Kier molecular flexibility index (Phi) is 9.16. The first-order valence-corrected chi connectivity index (χ1v) is 16.0. The van der Waals surface area contributed by atoms with E-state index in [0.29, 0.717) is 17.0 Å². The minimum Gasteiger partial charge on any atom is -0.507 e. The molecule has 0 unspecified atom stereocenters. The van der Waals surface area contributed by atoms with Crippen molar-refractivity contribution in [1.82, 2.24) is 9.97 Å². The van der Waals surface area contributed by atoms with Gasteiger partial charge in [-0.2, -0.15) is 0 Å². The molecule has 2 heterocycles. The number of fused-ring (bicyclic) bond motifs is 1. The average Bonchev–Trinajstić information content (AvgIpc) is 3.43. The van der Waals surface area contributed by atoms with Crippen molar-refractivity contribution in [2.75, 3.05) is 0 Å². The number of pyridine rings is 1. The van der Waals surface area contributed by atoms with Crippen molar-refractivity contribution in [3.63, 3.8) is 0 Å². The third-order valence-corrected chi connectivity index (χ3v) is 8.58. The molecule has 0 saturated heterocycles. The van der Waals surface area contributed by atoms with Gasteiger partial charge in [0.1, 0.15) is 11.3 Å². The summed E-state index contributed by atoms with van der Waals surface area (Å²) in [7, 11) is 0. The Bertz CT molecular complexity index is 2060. The summed E-state index contributed by atoms with van der Waals surface area (Å²) in [6.07, 6.45) is 1.89. The third-order valence-electron chi connectivity index (χ3n) is 8.58. The molecule has 5 heteroatoms. The van der Waals surface area contributed by atoms with Crippen LogP contribution in [0.4, 0.5) is 0 Å². The van der Waals surface area contributed by atoms with Gasteiger partial charge in [-0.1, -0.05) is 128 Å². The van der Waals surface area contributed by atoms with Gasteiger partial charge in [0, 0.05) is 33.0 Å². The Labute approximate surface area is 293 Å². The van der Waals surface area contributed by atoms with Crippen molar-refractivity contribution >= 4 is 11.1 Å². The van der Waals surface area contributed by atoms with Crippen molar-refractivity contribution in [2.24, 2.45) is 0 Å². The molecule has 244 valence electrons. The summed E-state index contributed by atoms with van der Waals surface area (Å²) in [5.74, 6) is 0.524. The molecule has 0 fully saturated rings. The van der Waals surface area contributed by atoms with Gasteiger partial charge in [0.25, 0.3) is 0 Å². The molecule has 0 amide bonds. The predicted octanol–water partition coefficient (Wildman–Crippen LogP) is 11.3. The first-order valence-electron chi connectivity index (χ1n) is 16.0. The fourth-order valence-electron chi connectivity index (χ4n) is 5.95. The van der Waals surface area contributed by atoms with Gasteiger partial charge in [-0.15, -0.1) is 28.8 Å². The van der Waals surface area contributed by atoms with Crippen LogP contribution >= 0.6 is 0 Å². The second kappa shape index (κ2) is 12.5. The maximum absolute atomic E-state index is 10.7. The van der Waals surface area contributed by atoms with Crippen LogP contribution in [0.1, 0.15) is 79.0 Å². The number of benzene rings is 4. The van der Waals surface area contributed by atoms with Crippen molar-refractivity contribution in [3.8, 4) is 50.7 Å². The number of aromatic hydroxyl groups is 1. The van der Waals surface area contributed by atoms with Crippen LogP contribution in [0, 0.1) is 6.07 Å². The molecule has 0 aliphatic heterocycles. The average molecular weight is 803 g/mol. The van der Waals surface area contributed by atoms with Crippen LogP contribution in [0.3, 0.4) is 0 Å². The number of rotatable bonds is 4. The Hall–Kier alpha value is -4.01. The number of aromatic nitrogens is 2. The largest absolute Gasteiger partial charge is 0.507 e. The minimum absolute atomic E-state index is 0. The summed E-state index contributed by atoms with van der Waals surface area (Å²) >= 11 is 0. The van der Waals surface area contributed by atoms with Gasteiger partial charge >= 0.3 is 0 Å². The van der Waals surface area contributed by atoms with E-state index in [4.69, 9.17) is 14.4 Å². The van der Waals surface area contributed by atoms with E-state index in [1.165, 1.54) is 11.1 Å². The van der Waals surface area contributed by atoms with Gasteiger partial charge in [-0.05, 0) is 57.2 Å². The standard InChI is InChI=1S/C42H43N2O2.Pt/c1-40(2,3)28-22-31(38-37(23-28)46-39(44-38)29-17-13-14-18-36(29)45)30-24-32(34(42(7,8)9)25-33(30)41(4,5)6)35-21-27(19-20-43-35)26-15-11-10-12-16-26;/h10-23,25,45H,1-9H3;/q-1;. The number of para-hydroxylation sites is 1. The topological polar surface area (TPSA) is 59.2 Å². The molecule has 47 heavy (non-hydrogen) atoms. The summed E-state index contributed by atoms with van der Waals surface area (Å²) < 4.78 is 6.42. The molecule has 4 nitrogen and oxygen atoms in total. The second-order valence-corrected chi connectivity index (χ2v) is 15.3. The smallest absolute Gasteiger partial charge is 0.230 e. The molecule has 0 aliphatic rings. The molecule has 0 spiro atoms.